The molecule has 1 aliphatic carbocycles. The minimum atomic E-state index is 0.822. The van der Waals surface area contributed by atoms with E-state index in [2.05, 4.69) is 18.5 Å². The predicted octanol–water partition coefficient (Wildman–Crippen LogP) is 2.27. The summed E-state index contributed by atoms with van der Waals surface area (Å²) in [4.78, 5) is 0. The fraction of sp³-hybridized carbons (Fsp3) is 1.00. The van der Waals surface area contributed by atoms with Crippen LogP contribution in [0.1, 0.15) is 32.6 Å². The van der Waals surface area contributed by atoms with Crippen LogP contribution in [-0.4, -0.2) is 24.1 Å². The second-order valence-corrected chi connectivity index (χ2v) is 4.69. The standard InChI is InChI=1S/C9H19NS/c1-8(11-2)6-7-10-9-4-3-5-9/h8-10H,3-7H2,1-2H3. The summed E-state index contributed by atoms with van der Waals surface area (Å²) >= 11 is 1.96. The Labute approximate surface area is 74.3 Å². The molecule has 11 heavy (non-hydrogen) atoms. The zero-order valence-electron chi connectivity index (χ0n) is 7.60. The van der Waals surface area contributed by atoms with Crippen LogP contribution in [0.5, 0.6) is 0 Å². The first-order valence-electron chi connectivity index (χ1n) is 4.59. The van der Waals surface area contributed by atoms with Crippen LogP contribution in [0.4, 0.5) is 0 Å². The largest absolute Gasteiger partial charge is 0.314 e. The third-order valence-corrected chi connectivity index (χ3v) is 3.53. The minimum absolute atomic E-state index is 0.822. The van der Waals surface area contributed by atoms with Crippen molar-refractivity contribution >= 4 is 11.8 Å². The van der Waals surface area contributed by atoms with Crippen LogP contribution in [0.3, 0.4) is 0 Å². The van der Waals surface area contributed by atoms with Gasteiger partial charge >= 0.3 is 0 Å². The second-order valence-electron chi connectivity index (χ2n) is 3.42. The molecule has 1 N–H and O–H groups in total. The van der Waals surface area contributed by atoms with Gasteiger partial charge in [-0.05, 0) is 32.1 Å². The van der Waals surface area contributed by atoms with Crippen molar-refractivity contribution in [3.63, 3.8) is 0 Å². The average molecular weight is 173 g/mol. The summed E-state index contributed by atoms with van der Waals surface area (Å²) in [6.45, 7) is 3.51. The number of thioether (sulfide) groups is 1. The van der Waals surface area contributed by atoms with Crippen molar-refractivity contribution in [1.29, 1.82) is 0 Å². The van der Waals surface area contributed by atoms with E-state index in [4.69, 9.17) is 0 Å². The van der Waals surface area contributed by atoms with Gasteiger partial charge < -0.3 is 5.32 Å². The summed E-state index contributed by atoms with van der Waals surface area (Å²) in [5, 5.41) is 4.39. The Morgan fingerprint density at radius 3 is 2.73 bits per heavy atom. The summed E-state index contributed by atoms with van der Waals surface area (Å²) < 4.78 is 0. The summed E-state index contributed by atoms with van der Waals surface area (Å²) in [6.07, 6.45) is 7.77. The minimum Gasteiger partial charge on any atom is -0.314 e. The van der Waals surface area contributed by atoms with Gasteiger partial charge in [-0.3, -0.25) is 0 Å². The zero-order valence-corrected chi connectivity index (χ0v) is 8.41. The molecule has 1 fully saturated rings. The van der Waals surface area contributed by atoms with E-state index in [-0.39, 0.29) is 0 Å². The fourth-order valence-corrected chi connectivity index (χ4v) is 1.57. The van der Waals surface area contributed by atoms with Crippen LogP contribution in [-0.2, 0) is 0 Å². The van der Waals surface area contributed by atoms with Crippen LogP contribution in [0.2, 0.25) is 0 Å². The number of nitrogens with one attached hydrogen (secondary N) is 1. The van der Waals surface area contributed by atoms with E-state index in [0.717, 1.165) is 11.3 Å². The molecule has 1 unspecified atom stereocenters. The molecule has 1 saturated carbocycles. The lowest BCUT2D eigenvalue weighted by atomic mass is 9.93. The Balaban J connectivity index is 1.86. The van der Waals surface area contributed by atoms with E-state index in [9.17, 15) is 0 Å². The normalized spacial score (nSPS) is 21.3. The van der Waals surface area contributed by atoms with Crippen molar-refractivity contribution in [3.8, 4) is 0 Å². The Morgan fingerprint density at radius 2 is 2.27 bits per heavy atom. The third-order valence-electron chi connectivity index (χ3n) is 2.49. The average Bonchev–Trinajstić information content (AvgIpc) is 1.94. The van der Waals surface area contributed by atoms with Crippen LogP contribution in [0, 0.1) is 0 Å². The molecule has 0 spiro atoms. The molecule has 0 radical (unpaired) electrons. The molecule has 0 aromatic carbocycles. The summed E-state index contributed by atoms with van der Waals surface area (Å²) in [5.74, 6) is 0. The molecule has 0 bridgehead atoms. The SMILES string of the molecule is CSC(C)CCNC1CCC1. The van der Waals surface area contributed by atoms with E-state index in [1.807, 2.05) is 11.8 Å². The van der Waals surface area contributed by atoms with Crippen molar-refractivity contribution in [2.24, 2.45) is 0 Å². The molecule has 0 aromatic heterocycles. The number of hydrogen-bond acceptors (Lipinski definition) is 2. The Morgan fingerprint density at radius 1 is 1.55 bits per heavy atom. The maximum Gasteiger partial charge on any atom is 0.00670 e. The Bertz CT molecular complexity index is 97.0. The quantitative estimate of drug-likeness (QED) is 0.684. The summed E-state index contributed by atoms with van der Waals surface area (Å²) in [6, 6.07) is 0.865. The highest BCUT2D eigenvalue weighted by Crippen LogP contribution is 2.18. The predicted molar refractivity (Wildman–Crippen MR) is 53.2 cm³/mol. The van der Waals surface area contributed by atoms with E-state index < -0.39 is 0 Å². The highest BCUT2D eigenvalue weighted by Gasteiger charge is 2.15. The van der Waals surface area contributed by atoms with Crippen molar-refractivity contribution in [2.75, 3.05) is 12.8 Å². The molecule has 0 saturated heterocycles. The first-order valence-corrected chi connectivity index (χ1v) is 5.88. The molecule has 1 atom stereocenters. The van der Waals surface area contributed by atoms with Crippen molar-refractivity contribution < 1.29 is 0 Å². The molecular weight excluding hydrogens is 154 g/mol. The van der Waals surface area contributed by atoms with Gasteiger partial charge in [0.1, 0.15) is 0 Å². The van der Waals surface area contributed by atoms with E-state index in [1.54, 1.807) is 0 Å². The van der Waals surface area contributed by atoms with Gasteiger partial charge in [0.05, 0.1) is 0 Å². The smallest absolute Gasteiger partial charge is 0.00670 e. The van der Waals surface area contributed by atoms with Crippen molar-refractivity contribution in [3.05, 3.63) is 0 Å². The maximum absolute atomic E-state index is 3.57. The van der Waals surface area contributed by atoms with Gasteiger partial charge in [0.25, 0.3) is 0 Å². The molecular formula is C9H19NS. The van der Waals surface area contributed by atoms with Crippen molar-refractivity contribution in [1.82, 2.24) is 5.32 Å². The molecule has 1 rings (SSSR count). The summed E-state index contributed by atoms with van der Waals surface area (Å²) in [7, 11) is 0. The highest BCUT2D eigenvalue weighted by atomic mass is 32.2. The van der Waals surface area contributed by atoms with Gasteiger partial charge in [0, 0.05) is 11.3 Å². The Kier molecular flexibility index (Phi) is 4.31. The third kappa shape index (κ3) is 3.48. The lowest BCUT2D eigenvalue weighted by Gasteiger charge is -2.26. The zero-order chi connectivity index (χ0) is 8.10. The topological polar surface area (TPSA) is 12.0 Å². The fourth-order valence-electron chi connectivity index (χ4n) is 1.22. The Hall–Kier alpha value is 0.310. The molecule has 0 heterocycles. The molecule has 0 aromatic rings. The molecule has 0 aliphatic heterocycles. The van der Waals surface area contributed by atoms with Gasteiger partial charge in [-0.2, -0.15) is 11.8 Å². The van der Waals surface area contributed by atoms with E-state index in [0.29, 0.717) is 0 Å². The van der Waals surface area contributed by atoms with Crippen LogP contribution in [0.25, 0.3) is 0 Å². The van der Waals surface area contributed by atoms with Crippen molar-refractivity contribution in [2.45, 2.75) is 43.9 Å². The first-order chi connectivity index (χ1) is 5.33. The maximum atomic E-state index is 3.57. The molecule has 2 heteroatoms. The molecule has 0 amide bonds. The van der Waals surface area contributed by atoms with Crippen LogP contribution < -0.4 is 5.32 Å². The molecule has 66 valence electrons. The van der Waals surface area contributed by atoms with Gasteiger partial charge in [-0.25, -0.2) is 0 Å². The van der Waals surface area contributed by atoms with Gasteiger partial charge in [0.15, 0.2) is 0 Å². The number of hydrogen-bond donors (Lipinski definition) is 1. The highest BCUT2D eigenvalue weighted by molar-refractivity contribution is 7.99. The van der Waals surface area contributed by atoms with Gasteiger partial charge in [0.2, 0.25) is 0 Å². The van der Waals surface area contributed by atoms with Crippen LogP contribution >= 0.6 is 11.8 Å². The first kappa shape index (κ1) is 9.40. The lowest BCUT2D eigenvalue weighted by molar-refractivity contribution is 0.339. The van der Waals surface area contributed by atoms with Gasteiger partial charge in [-0.15, -0.1) is 0 Å². The van der Waals surface area contributed by atoms with Crippen LogP contribution in [0.15, 0.2) is 0 Å². The van der Waals surface area contributed by atoms with E-state index >= 15 is 0 Å². The second kappa shape index (κ2) is 5.04. The lowest BCUT2D eigenvalue weighted by Crippen LogP contribution is -2.36. The number of rotatable bonds is 5. The molecule has 1 nitrogen and oxygen atoms in total. The van der Waals surface area contributed by atoms with Gasteiger partial charge in [-0.1, -0.05) is 13.3 Å². The van der Waals surface area contributed by atoms with E-state index in [1.165, 1.54) is 32.2 Å². The monoisotopic (exact) mass is 173 g/mol. The summed E-state index contributed by atoms with van der Waals surface area (Å²) in [5.41, 5.74) is 0. The molecule has 1 aliphatic rings.